The maximum absolute atomic E-state index is 12.7. The second-order valence-corrected chi connectivity index (χ2v) is 5.04. The first-order valence-corrected chi connectivity index (χ1v) is 7.12. The van der Waals surface area contributed by atoms with E-state index in [1.807, 2.05) is 0 Å². The number of morpholine rings is 1. The first-order chi connectivity index (χ1) is 10.1. The van der Waals surface area contributed by atoms with Gasteiger partial charge in [-0.25, -0.2) is 4.39 Å². The number of benzene rings is 1. The summed E-state index contributed by atoms with van der Waals surface area (Å²) in [6, 6.07) is 5.86. The van der Waals surface area contributed by atoms with Gasteiger partial charge in [0.2, 0.25) is 0 Å². The van der Waals surface area contributed by atoms with Crippen LogP contribution < -0.4 is 10.1 Å². The predicted octanol–water partition coefficient (Wildman–Crippen LogP) is 1.04. The minimum atomic E-state index is -0.328. The van der Waals surface area contributed by atoms with Crippen molar-refractivity contribution in [2.45, 2.75) is 13.0 Å². The molecule has 6 heteroatoms. The molecule has 1 N–H and O–H groups in total. The Labute approximate surface area is 124 Å². The molecular formula is C15H21FN2O3. The standard InChI is InChI=1S/C15H21FN2O3/c1-12(18-6-8-20-9-7-18)10-17-15(19)11-21-14-4-2-13(16)3-5-14/h2-5,12H,6-11H2,1H3,(H,17,19). The van der Waals surface area contributed by atoms with Crippen molar-refractivity contribution in [2.75, 3.05) is 39.5 Å². The molecule has 116 valence electrons. The van der Waals surface area contributed by atoms with Crippen molar-refractivity contribution in [1.82, 2.24) is 10.2 Å². The van der Waals surface area contributed by atoms with Crippen LogP contribution in [0.4, 0.5) is 4.39 Å². The maximum Gasteiger partial charge on any atom is 0.257 e. The Morgan fingerprint density at radius 2 is 2.05 bits per heavy atom. The second kappa shape index (κ2) is 7.95. The van der Waals surface area contributed by atoms with Crippen molar-refractivity contribution >= 4 is 5.91 Å². The number of carbonyl (C=O) groups is 1. The first kappa shape index (κ1) is 15.7. The van der Waals surface area contributed by atoms with Gasteiger partial charge in [-0.05, 0) is 31.2 Å². The normalized spacial score (nSPS) is 17.2. The lowest BCUT2D eigenvalue weighted by Gasteiger charge is -2.32. The summed E-state index contributed by atoms with van der Waals surface area (Å²) in [4.78, 5) is 14.0. The number of ether oxygens (including phenoxy) is 2. The summed E-state index contributed by atoms with van der Waals surface area (Å²) < 4.78 is 23.3. The van der Waals surface area contributed by atoms with Crippen molar-refractivity contribution in [1.29, 1.82) is 0 Å². The maximum atomic E-state index is 12.7. The zero-order valence-corrected chi connectivity index (χ0v) is 12.2. The minimum absolute atomic E-state index is 0.0680. The summed E-state index contributed by atoms with van der Waals surface area (Å²) >= 11 is 0. The molecular weight excluding hydrogens is 275 g/mol. The Bertz CT molecular complexity index is 447. The molecule has 1 heterocycles. The molecule has 1 aliphatic heterocycles. The molecule has 1 aromatic rings. The zero-order chi connectivity index (χ0) is 15.1. The number of nitrogens with zero attached hydrogens (tertiary/aromatic N) is 1. The lowest BCUT2D eigenvalue weighted by Crippen LogP contribution is -2.47. The van der Waals surface area contributed by atoms with Crippen LogP contribution in [0, 0.1) is 5.82 Å². The minimum Gasteiger partial charge on any atom is -0.484 e. The van der Waals surface area contributed by atoms with E-state index in [-0.39, 0.29) is 24.4 Å². The van der Waals surface area contributed by atoms with E-state index >= 15 is 0 Å². The van der Waals surface area contributed by atoms with E-state index < -0.39 is 0 Å². The Kier molecular flexibility index (Phi) is 5.95. The number of carbonyl (C=O) groups excluding carboxylic acids is 1. The van der Waals surface area contributed by atoms with Crippen LogP contribution in [0.2, 0.25) is 0 Å². The highest BCUT2D eigenvalue weighted by Gasteiger charge is 2.17. The van der Waals surface area contributed by atoms with Crippen molar-refractivity contribution in [3.8, 4) is 5.75 Å². The van der Waals surface area contributed by atoms with Gasteiger partial charge < -0.3 is 14.8 Å². The summed E-state index contributed by atoms with van der Waals surface area (Å²) in [7, 11) is 0. The van der Waals surface area contributed by atoms with Gasteiger partial charge in [0, 0.05) is 25.7 Å². The fourth-order valence-electron chi connectivity index (χ4n) is 2.14. The molecule has 0 spiro atoms. The Morgan fingerprint density at radius 3 is 2.71 bits per heavy atom. The Balaban J connectivity index is 1.66. The van der Waals surface area contributed by atoms with E-state index in [0.29, 0.717) is 12.3 Å². The highest BCUT2D eigenvalue weighted by Crippen LogP contribution is 2.10. The van der Waals surface area contributed by atoms with Crippen LogP contribution in [0.15, 0.2) is 24.3 Å². The number of halogens is 1. The molecule has 1 atom stereocenters. The molecule has 0 radical (unpaired) electrons. The number of amides is 1. The molecule has 0 aliphatic carbocycles. The first-order valence-electron chi connectivity index (χ1n) is 7.12. The summed E-state index contributed by atoms with van der Waals surface area (Å²) in [5.41, 5.74) is 0. The van der Waals surface area contributed by atoms with Crippen LogP contribution in [-0.4, -0.2) is 56.3 Å². The lowest BCUT2D eigenvalue weighted by atomic mass is 10.2. The number of nitrogens with one attached hydrogen (secondary N) is 1. The van der Waals surface area contributed by atoms with Gasteiger partial charge >= 0.3 is 0 Å². The predicted molar refractivity (Wildman–Crippen MR) is 76.8 cm³/mol. The number of hydrogen-bond donors (Lipinski definition) is 1. The molecule has 1 amide bonds. The smallest absolute Gasteiger partial charge is 0.257 e. The van der Waals surface area contributed by atoms with Gasteiger partial charge in [-0.3, -0.25) is 9.69 Å². The van der Waals surface area contributed by atoms with E-state index in [0.717, 1.165) is 26.3 Å². The molecule has 1 unspecified atom stereocenters. The number of rotatable bonds is 6. The topological polar surface area (TPSA) is 50.8 Å². The summed E-state index contributed by atoms with van der Waals surface area (Å²) in [6.45, 7) is 5.85. The third kappa shape index (κ3) is 5.32. The van der Waals surface area contributed by atoms with Gasteiger partial charge in [-0.1, -0.05) is 0 Å². The average Bonchev–Trinajstić information content (AvgIpc) is 2.53. The van der Waals surface area contributed by atoms with Gasteiger partial charge in [0.1, 0.15) is 11.6 Å². The fourth-order valence-corrected chi connectivity index (χ4v) is 2.14. The molecule has 1 fully saturated rings. The van der Waals surface area contributed by atoms with E-state index in [1.165, 1.54) is 24.3 Å². The van der Waals surface area contributed by atoms with Crippen molar-refractivity contribution in [3.63, 3.8) is 0 Å². The number of hydrogen-bond acceptors (Lipinski definition) is 4. The second-order valence-electron chi connectivity index (χ2n) is 5.04. The van der Waals surface area contributed by atoms with Gasteiger partial charge in [-0.15, -0.1) is 0 Å². The monoisotopic (exact) mass is 296 g/mol. The zero-order valence-electron chi connectivity index (χ0n) is 12.2. The highest BCUT2D eigenvalue weighted by molar-refractivity contribution is 5.77. The quantitative estimate of drug-likeness (QED) is 0.852. The fraction of sp³-hybridized carbons (Fsp3) is 0.533. The summed E-state index contributed by atoms with van der Waals surface area (Å²) in [5.74, 6) is -0.0293. The van der Waals surface area contributed by atoms with Gasteiger partial charge in [0.15, 0.2) is 6.61 Å². The van der Waals surface area contributed by atoms with Crippen molar-refractivity contribution < 1.29 is 18.7 Å². The molecule has 2 rings (SSSR count). The molecule has 0 saturated carbocycles. The molecule has 0 aromatic heterocycles. The summed E-state index contributed by atoms with van der Waals surface area (Å²) in [6.07, 6.45) is 0. The van der Waals surface area contributed by atoms with E-state index in [9.17, 15) is 9.18 Å². The van der Waals surface area contributed by atoms with E-state index in [1.54, 1.807) is 0 Å². The highest BCUT2D eigenvalue weighted by atomic mass is 19.1. The SMILES string of the molecule is CC(CNC(=O)COc1ccc(F)cc1)N1CCOCC1. The van der Waals surface area contributed by atoms with Crippen LogP contribution in [-0.2, 0) is 9.53 Å². The third-order valence-corrected chi connectivity index (χ3v) is 3.45. The largest absolute Gasteiger partial charge is 0.484 e. The Morgan fingerprint density at radius 1 is 1.38 bits per heavy atom. The molecule has 5 nitrogen and oxygen atoms in total. The van der Waals surface area contributed by atoms with Gasteiger partial charge in [-0.2, -0.15) is 0 Å². The van der Waals surface area contributed by atoms with Crippen LogP contribution in [0.3, 0.4) is 0 Å². The van der Waals surface area contributed by atoms with Gasteiger partial charge in [0.25, 0.3) is 5.91 Å². The van der Waals surface area contributed by atoms with Crippen LogP contribution in [0.5, 0.6) is 5.75 Å². The van der Waals surface area contributed by atoms with Crippen LogP contribution in [0.25, 0.3) is 0 Å². The third-order valence-electron chi connectivity index (χ3n) is 3.45. The van der Waals surface area contributed by atoms with Crippen molar-refractivity contribution in [2.24, 2.45) is 0 Å². The van der Waals surface area contributed by atoms with Crippen molar-refractivity contribution in [3.05, 3.63) is 30.1 Å². The van der Waals surface area contributed by atoms with Crippen LogP contribution >= 0.6 is 0 Å². The molecule has 1 saturated heterocycles. The molecule has 1 aliphatic rings. The summed E-state index contributed by atoms with van der Waals surface area (Å²) in [5, 5.41) is 2.84. The van der Waals surface area contributed by atoms with Gasteiger partial charge in [0.05, 0.1) is 13.2 Å². The average molecular weight is 296 g/mol. The van der Waals surface area contributed by atoms with Crippen LogP contribution in [0.1, 0.15) is 6.92 Å². The van der Waals surface area contributed by atoms with E-state index in [2.05, 4.69) is 17.1 Å². The molecule has 21 heavy (non-hydrogen) atoms. The molecule has 0 bridgehead atoms. The molecule has 1 aromatic carbocycles. The Hall–Kier alpha value is -1.66. The van der Waals surface area contributed by atoms with E-state index in [4.69, 9.17) is 9.47 Å². The lowest BCUT2D eigenvalue weighted by molar-refractivity contribution is -0.123.